The smallest absolute Gasteiger partial charge is 0.255 e. The Bertz CT molecular complexity index is 491. The number of allylic oxidation sites excluding steroid dienone is 1. The van der Waals surface area contributed by atoms with E-state index in [1.807, 2.05) is 0 Å². The highest BCUT2D eigenvalue weighted by Gasteiger charge is 2.29. The fraction of sp³-hybridized carbons (Fsp3) is 0.400. The Hall–Kier alpha value is -0.510. The molecule has 0 amide bonds. The zero-order chi connectivity index (χ0) is 11.7. The molecule has 1 aliphatic rings. The maximum absolute atomic E-state index is 11.8. The summed E-state index contributed by atoms with van der Waals surface area (Å²) in [6.07, 6.45) is 2.07. The molecule has 0 aromatic carbocycles. The molecule has 0 spiro atoms. The fourth-order valence-electron chi connectivity index (χ4n) is 1.49. The molecule has 1 aromatic rings. The molecule has 2 rings (SSSR count). The molecule has 0 bridgehead atoms. The highest BCUT2D eigenvalue weighted by atomic mass is 35.5. The van der Waals surface area contributed by atoms with Gasteiger partial charge in [0.1, 0.15) is 11.0 Å². The van der Waals surface area contributed by atoms with Gasteiger partial charge in [-0.1, -0.05) is 34.8 Å². The molecular weight excluding hydrogens is 270 g/mol. The Morgan fingerprint density at radius 3 is 2.88 bits per heavy atom. The Morgan fingerprint density at radius 1 is 1.62 bits per heavy atom. The normalized spacial score (nSPS) is 16.6. The van der Waals surface area contributed by atoms with Crippen LogP contribution in [0.25, 0.3) is 0 Å². The van der Waals surface area contributed by atoms with Gasteiger partial charge in [0.25, 0.3) is 5.56 Å². The molecule has 0 aliphatic heterocycles. The molecule has 1 aliphatic carbocycles. The van der Waals surface area contributed by atoms with Crippen LogP contribution < -0.4 is 5.56 Å². The van der Waals surface area contributed by atoms with Crippen LogP contribution in [0.3, 0.4) is 0 Å². The van der Waals surface area contributed by atoms with Crippen molar-refractivity contribution in [2.45, 2.75) is 25.3 Å². The van der Waals surface area contributed by atoms with Gasteiger partial charge in [-0.05, 0) is 12.8 Å². The van der Waals surface area contributed by atoms with E-state index in [9.17, 15) is 4.79 Å². The summed E-state index contributed by atoms with van der Waals surface area (Å²) in [7, 11) is 0. The molecule has 1 heterocycles. The highest BCUT2D eigenvalue weighted by Crippen LogP contribution is 2.39. The number of hydrogen-bond acceptors (Lipinski definition) is 2. The van der Waals surface area contributed by atoms with E-state index in [2.05, 4.69) is 4.98 Å². The summed E-state index contributed by atoms with van der Waals surface area (Å²) in [5.41, 5.74) is 1.05. The van der Waals surface area contributed by atoms with E-state index in [-0.39, 0.29) is 17.3 Å². The summed E-state index contributed by atoms with van der Waals surface area (Å²) < 4.78 is 1.52. The van der Waals surface area contributed by atoms with Gasteiger partial charge < -0.3 is 0 Å². The van der Waals surface area contributed by atoms with Crippen molar-refractivity contribution in [3.63, 3.8) is 0 Å². The summed E-state index contributed by atoms with van der Waals surface area (Å²) in [5, 5.41) is 0.629. The van der Waals surface area contributed by atoms with Gasteiger partial charge in [0, 0.05) is 22.6 Å². The first-order chi connectivity index (χ1) is 7.61. The number of aromatic nitrogens is 2. The van der Waals surface area contributed by atoms with Crippen molar-refractivity contribution in [2.24, 2.45) is 0 Å². The van der Waals surface area contributed by atoms with Crippen LogP contribution in [0.15, 0.2) is 21.4 Å². The summed E-state index contributed by atoms with van der Waals surface area (Å²) >= 11 is 17.1. The molecule has 0 N–H and O–H groups in total. The van der Waals surface area contributed by atoms with Gasteiger partial charge in [0.2, 0.25) is 0 Å². The minimum absolute atomic E-state index is 0.196. The third-order valence-corrected chi connectivity index (χ3v) is 3.17. The number of rotatable bonds is 3. The summed E-state index contributed by atoms with van der Waals surface area (Å²) in [6.45, 7) is 0.250. The van der Waals surface area contributed by atoms with Crippen molar-refractivity contribution in [1.29, 1.82) is 0 Å². The minimum atomic E-state index is -0.196. The Kier molecular flexibility index (Phi) is 3.57. The van der Waals surface area contributed by atoms with Crippen molar-refractivity contribution in [3.05, 3.63) is 38.0 Å². The maximum atomic E-state index is 11.8. The van der Waals surface area contributed by atoms with Crippen molar-refractivity contribution in [1.82, 2.24) is 9.55 Å². The first-order valence-corrected chi connectivity index (χ1v) is 6.03. The lowest BCUT2D eigenvalue weighted by atomic mass is 10.3. The summed E-state index contributed by atoms with van der Waals surface area (Å²) in [6, 6.07) is 1.28. The lowest BCUT2D eigenvalue weighted by Crippen LogP contribution is -2.24. The third-order valence-electron chi connectivity index (χ3n) is 2.38. The standard InChI is InChI=1S/C10H9Cl3N2O/c11-4-7(12)5-15-9(16)3-8(13)14-10(15)6-1-2-6/h3-4,6H,1-2,5H2/b7-4+. The Balaban J connectivity index is 2.45. The highest BCUT2D eigenvalue weighted by molar-refractivity contribution is 6.36. The molecule has 0 saturated heterocycles. The zero-order valence-electron chi connectivity index (χ0n) is 8.29. The SMILES string of the molecule is O=c1cc(Cl)nc(C2CC2)n1C/C(Cl)=C\Cl. The molecule has 0 unspecified atom stereocenters. The molecule has 1 fully saturated rings. The first-order valence-electron chi connectivity index (χ1n) is 4.84. The molecule has 0 atom stereocenters. The molecule has 1 aromatic heterocycles. The second-order valence-corrected chi connectivity index (χ2v) is 4.78. The van der Waals surface area contributed by atoms with E-state index in [1.54, 1.807) is 0 Å². The average Bonchev–Trinajstić information content (AvgIpc) is 3.04. The zero-order valence-corrected chi connectivity index (χ0v) is 10.6. The third kappa shape index (κ3) is 2.59. The monoisotopic (exact) mass is 278 g/mol. The number of nitrogens with zero attached hydrogens (tertiary/aromatic N) is 2. The molecule has 16 heavy (non-hydrogen) atoms. The van der Waals surface area contributed by atoms with Gasteiger partial charge >= 0.3 is 0 Å². The van der Waals surface area contributed by atoms with Crippen LogP contribution in [0.1, 0.15) is 24.6 Å². The van der Waals surface area contributed by atoms with Gasteiger partial charge in [-0.3, -0.25) is 9.36 Å². The quantitative estimate of drug-likeness (QED) is 0.797. The van der Waals surface area contributed by atoms with Crippen LogP contribution in [0.4, 0.5) is 0 Å². The van der Waals surface area contributed by atoms with Crippen molar-refractivity contribution in [3.8, 4) is 0 Å². The van der Waals surface area contributed by atoms with Gasteiger partial charge in [-0.25, -0.2) is 4.98 Å². The summed E-state index contributed by atoms with van der Waals surface area (Å²) in [5.74, 6) is 1.03. The van der Waals surface area contributed by atoms with Crippen molar-refractivity contribution in [2.75, 3.05) is 0 Å². The van der Waals surface area contributed by atoms with E-state index in [1.165, 1.54) is 16.2 Å². The second kappa shape index (κ2) is 4.78. The van der Waals surface area contributed by atoms with Crippen molar-refractivity contribution < 1.29 is 0 Å². The molecule has 3 nitrogen and oxygen atoms in total. The molecule has 0 radical (unpaired) electrons. The topological polar surface area (TPSA) is 34.9 Å². The van der Waals surface area contributed by atoms with Crippen molar-refractivity contribution >= 4 is 34.8 Å². The average molecular weight is 280 g/mol. The Labute approximate surface area is 108 Å². The van der Waals surface area contributed by atoms with Crippen LogP contribution in [-0.2, 0) is 6.54 Å². The van der Waals surface area contributed by atoms with E-state index in [4.69, 9.17) is 34.8 Å². The van der Waals surface area contributed by atoms with Crippen LogP contribution in [0.2, 0.25) is 5.15 Å². The second-order valence-electron chi connectivity index (χ2n) is 3.69. The van der Waals surface area contributed by atoms with Gasteiger partial charge in [-0.2, -0.15) is 0 Å². The summed E-state index contributed by atoms with van der Waals surface area (Å²) in [4.78, 5) is 15.9. The van der Waals surface area contributed by atoms with Crippen LogP contribution in [0.5, 0.6) is 0 Å². The van der Waals surface area contributed by atoms with Crippen LogP contribution in [-0.4, -0.2) is 9.55 Å². The molecule has 86 valence electrons. The van der Waals surface area contributed by atoms with Crippen LogP contribution in [0, 0.1) is 0 Å². The van der Waals surface area contributed by atoms with Gasteiger partial charge in [0.15, 0.2) is 0 Å². The number of hydrogen-bond donors (Lipinski definition) is 0. The Morgan fingerprint density at radius 2 is 2.31 bits per heavy atom. The van der Waals surface area contributed by atoms with E-state index in [0.29, 0.717) is 16.8 Å². The van der Waals surface area contributed by atoms with Gasteiger partial charge in [0.05, 0.1) is 6.54 Å². The lowest BCUT2D eigenvalue weighted by Gasteiger charge is -2.10. The number of halogens is 3. The first kappa shape index (κ1) is 12.0. The largest absolute Gasteiger partial charge is 0.291 e. The van der Waals surface area contributed by atoms with E-state index < -0.39 is 0 Å². The van der Waals surface area contributed by atoms with E-state index in [0.717, 1.165) is 12.8 Å². The predicted octanol–water partition coefficient (Wildman–Crippen LogP) is 3.09. The molecule has 1 saturated carbocycles. The predicted molar refractivity (Wildman–Crippen MR) is 65.3 cm³/mol. The van der Waals surface area contributed by atoms with Crippen LogP contribution >= 0.6 is 34.8 Å². The van der Waals surface area contributed by atoms with E-state index >= 15 is 0 Å². The minimum Gasteiger partial charge on any atom is -0.291 e. The fourth-order valence-corrected chi connectivity index (χ4v) is 1.86. The molecular formula is C10H9Cl3N2O. The van der Waals surface area contributed by atoms with Gasteiger partial charge in [-0.15, -0.1) is 0 Å². The molecule has 6 heteroatoms. The lowest BCUT2D eigenvalue weighted by molar-refractivity contribution is 0.676. The maximum Gasteiger partial charge on any atom is 0.255 e.